The molecule has 0 saturated heterocycles. The van der Waals surface area contributed by atoms with E-state index in [1.54, 1.807) is 18.7 Å². The van der Waals surface area contributed by atoms with Crippen LogP contribution < -0.4 is 5.73 Å². The normalized spacial score (nSPS) is 14.8. The van der Waals surface area contributed by atoms with E-state index in [1.807, 2.05) is 18.2 Å². The predicted molar refractivity (Wildman–Crippen MR) is 73.8 cm³/mol. The van der Waals surface area contributed by atoms with E-state index in [1.165, 1.54) is 4.90 Å². The molecular weight excluding hydrogens is 286 g/mol. The predicted octanol–water partition coefficient (Wildman–Crippen LogP) is 3.03. The van der Waals surface area contributed by atoms with Crippen LogP contribution in [-0.4, -0.2) is 23.0 Å². The monoisotopic (exact) mass is 303 g/mol. The highest BCUT2D eigenvalue weighted by molar-refractivity contribution is 9.10. The van der Waals surface area contributed by atoms with Gasteiger partial charge in [-0.3, -0.25) is 0 Å². The third-order valence-corrected chi connectivity index (χ3v) is 4.51. The maximum Gasteiger partial charge on any atom is 0.0741 e. The fourth-order valence-corrected chi connectivity index (χ4v) is 2.82. The zero-order valence-electron chi connectivity index (χ0n) is 9.45. The van der Waals surface area contributed by atoms with E-state index in [0.29, 0.717) is 6.54 Å². The summed E-state index contributed by atoms with van der Waals surface area (Å²) in [5, 5.41) is 9.73. The van der Waals surface area contributed by atoms with Crippen LogP contribution in [0.25, 0.3) is 0 Å². The standard InChI is InChI=1S/C12H18BrNOS/c1-12(15,9-14)7-4-8-16-11-6-3-2-5-10(11)13/h2-3,5-6,15H,4,7-9,14H2,1H3. The second kappa shape index (κ2) is 6.64. The van der Waals surface area contributed by atoms with E-state index in [4.69, 9.17) is 5.73 Å². The van der Waals surface area contributed by atoms with Gasteiger partial charge in [0.25, 0.3) is 0 Å². The van der Waals surface area contributed by atoms with Crippen molar-refractivity contribution in [1.82, 2.24) is 0 Å². The molecule has 1 rings (SSSR count). The van der Waals surface area contributed by atoms with Crippen molar-refractivity contribution in [3.8, 4) is 0 Å². The summed E-state index contributed by atoms with van der Waals surface area (Å²) in [7, 11) is 0. The number of aliphatic hydroxyl groups is 1. The van der Waals surface area contributed by atoms with E-state index >= 15 is 0 Å². The Balaban J connectivity index is 2.29. The lowest BCUT2D eigenvalue weighted by Crippen LogP contribution is -2.34. The molecule has 0 saturated carbocycles. The number of hydrogen-bond acceptors (Lipinski definition) is 3. The van der Waals surface area contributed by atoms with E-state index in [2.05, 4.69) is 22.0 Å². The van der Waals surface area contributed by atoms with E-state index < -0.39 is 5.60 Å². The maximum atomic E-state index is 9.73. The van der Waals surface area contributed by atoms with E-state index in [9.17, 15) is 5.11 Å². The summed E-state index contributed by atoms with van der Waals surface area (Å²) in [6, 6.07) is 8.17. The Morgan fingerprint density at radius 3 is 2.75 bits per heavy atom. The van der Waals surface area contributed by atoms with Crippen molar-refractivity contribution in [3.05, 3.63) is 28.7 Å². The van der Waals surface area contributed by atoms with Crippen molar-refractivity contribution in [3.63, 3.8) is 0 Å². The zero-order chi connectivity index (χ0) is 12.0. The lowest BCUT2D eigenvalue weighted by Gasteiger charge is -2.20. The smallest absolute Gasteiger partial charge is 0.0741 e. The van der Waals surface area contributed by atoms with Gasteiger partial charge in [0, 0.05) is 15.9 Å². The maximum absolute atomic E-state index is 9.73. The number of rotatable bonds is 6. The molecule has 1 unspecified atom stereocenters. The quantitative estimate of drug-likeness (QED) is 0.627. The van der Waals surface area contributed by atoms with Crippen LogP contribution in [0.4, 0.5) is 0 Å². The molecule has 0 heterocycles. The summed E-state index contributed by atoms with van der Waals surface area (Å²) in [5.74, 6) is 0.999. The van der Waals surface area contributed by atoms with Crippen molar-refractivity contribution < 1.29 is 5.11 Å². The van der Waals surface area contributed by atoms with Gasteiger partial charge >= 0.3 is 0 Å². The molecule has 0 aromatic heterocycles. The van der Waals surface area contributed by atoms with Crippen LogP contribution in [0, 0.1) is 0 Å². The van der Waals surface area contributed by atoms with Crippen molar-refractivity contribution in [2.75, 3.05) is 12.3 Å². The third-order valence-electron chi connectivity index (χ3n) is 2.39. The zero-order valence-corrected chi connectivity index (χ0v) is 11.9. The Kier molecular flexibility index (Phi) is 5.83. The van der Waals surface area contributed by atoms with Crippen molar-refractivity contribution >= 4 is 27.7 Å². The summed E-state index contributed by atoms with van der Waals surface area (Å²) >= 11 is 5.31. The Morgan fingerprint density at radius 2 is 2.12 bits per heavy atom. The van der Waals surface area contributed by atoms with Crippen LogP contribution in [0.5, 0.6) is 0 Å². The van der Waals surface area contributed by atoms with Crippen molar-refractivity contribution in [2.45, 2.75) is 30.3 Å². The summed E-state index contributed by atoms with van der Waals surface area (Å²) < 4.78 is 1.13. The van der Waals surface area contributed by atoms with Crippen molar-refractivity contribution in [2.24, 2.45) is 5.73 Å². The van der Waals surface area contributed by atoms with Gasteiger partial charge in [-0.25, -0.2) is 0 Å². The number of hydrogen-bond donors (Lipinski definition) is 2. The molecule has 0 fully saturated rings. The van der Waals surface area contributed by atoms with E-state index in [0.717, 1.165) is 23.1 Å². The summed E-state index contributed by atoms with van der Waals surface area (Å²) in [4.78, 5) is 1.25. The first-order valence-corrected chi connectivity index (χ1v) is 7.13. The minimum absolute atomic E-state index is 0.326. The molecule has 0 aliphatic heterocycles. The van der Waals surface area contributed by atoms with Gasteiger partial charge in [-0.2, -0.15) is 0 Å². The van der Waals surface area contributed by atoms with Gasteiger partial charge in [-0.15, -0.1) is 11.8 Å². The molecule has 0 aliphatic rings. The first kappa shape index (κ1) is 14.0. The largest absolute Gasteiger partial charge is 0.389 e. The molecule has 0 spiro atoms. The first-order chi connectivity index (χ1) is 7.55. The van der Waals surface area contributed by atoms with Crippen LogP contribution in [0.3, 0.4) is 0 Å². The second-order valence-corrected chi connectivity index (χ2v) is 6.07. The molecule has 1 aromatic carbocycles. The molecule has 0 radical (unpaired) electrons. The highest BCUT2D eigenvalue weighted by atomic mass is 79.9. The Hall–Kier alpha value is -0.0300. The molecule has 90 valence electrons. The van der Waals surface area contributed by atoms with Crippen LogP contribution >= 0.6 is 27.7 Å². The molecule has 0 amide bonds. The Bertz CT molecular complexity index is 331. The lowest BCUT2D eigenvalue weighted by atomic mass is 10.0. The molecule has 2 nitrogen and oxygen atoms in total. The summed E-state index contributed by atoms with van der Waals surface area (Å²) in [6.45, 7) is 2.11. The highest BCUT2D eigenvalue weighted by Gasteiger charge is 2.16. The average molecular weight is 304 g/mol. The van der Waals surface area contributed by atoms with Crippen molar-refractivity contribution in [1.29, 1.82) is 0 Å². The number of nitrogens with two attached hydrogens (primary N) is 1. The Morgan fingerprint density at radius 1 is 1.44 bits per heavy atom. The van der Waals surface area contributed by atoms with Crippen LogP contribution in [0.1, 0.15) is 19.8 Å². The molecular formula is C12H18BrNOS. The van der Waals surface area contributed by atoms with Crippen LogP contribution in [-0.2, 0) is 0 Å². The minimum Gasteiger partial charge on any atom is -0.389 e. The second-order valence-electron chi connectivity index (χ2n) is 4.08. The summed E-state index contributed by atoms with van der Waals surface area (Å²) in [5.41, 5.74) is 4.75. The topological polar surface area (TPSA) is 46.2 Å². The lowest BCUT2D eigenvalue weighted by molar-refractivity contribution is 0.0596. The molecule has 4 heteroatoms. The van der Waals surface area contributed by atoms with Gasteiger partial charge in [0.1, 0.15) is 0 Å². The first-order valence-electron chi connectivity index (χ1n) is 5.35. The van der Waals surface area contributed by atoms with Gasteiger partial charge in [-0.05, 0) is 53.6 Å². The molecule has 1 atom stereocenters. The SMILES string of the molecule is CC(O)(CN)CCCSc1ccccc1Br. The number of thioether (sulfide) groups is 1. The number of halogens is 1. The third kappa shape index (κ3) is 4.87. The fourth-order valence-electron chi connectivity index (χ4n) is 1.30. The van der Waals surface area contributed by atoms with Gasteiger partial charge in [0.2, 0.25) is 0 Å². The van der Waals surface area contributed by atoms with Crippen LogP contribution in [0.15, 0.2) is 33.6 Å². The van der Waals surface area contributed by atoms with Gasteiger partial charge in [0.05, 0.1) is 5.60 Å². The summed E-state index contributed by atoms with van der Waals surface area (Å²) in [6.07, 6.45) is 1.72. The molecule has 3 N–H and O–H groups in total. The van der Waals surface area contributed by atoms with Gasteiger partial charge < -0.3 is 10.8 Å². The molecule has 0 aliphatic carbocycles. The number of benzene rings is 1. The molecule has 16 heavy (non-hydrogen) atoms. The van der Waals surface area contributed by atoms with Gasteiger partial charge in [0.15, 0.2) is 0 Å². The van der Waals surface area contributed by atoms with Gasteiger partial charge in [-0.1, -0.05) is 12.1 Å². The molecule has 0 bridgehead atoms. The fraction of sp³-hybridized carbons (Fsp3) is 0.500. The molecule has 1 aromatic rings. The van der Waals surface area contributed by atoms with Crippen LogP contribution in [0.2, 0.25) is 0 Å². The average Bonchev–Trinajstić information content (AvgIpc) is 2.27. The minimum atomic E-state index is -0.714. The van der Waals surface area contributed by atoms with E-state index in [-0.39, 0.29) is 0 Å². The highest BCUT2D eigenvalue weighted by Crippen LogP contribution is 2.28. The Labute approximate surface area is 110 Å².